The van der Waals surface area contributed by atoms with Gasteiger partial charge in [0, 0.05) is 13.2 Å². The van der Waals surface area contributed by atoms with Gasteiger partial charge in [0.25, 0.3) is 0 Å². The molecular weight excluding hydrogens is 239 g/mol. The van der Waals surface area contributed by atoms with Crippen molar-refractivity contribution in [2.75, 3.05) is 12.4 Å². The van der Waals surface area contributed by atoms with Gasteiger partial charge in [-0.1, -0.05) is 12.1 Å². The van der Waals surface area contributed by atoms with Gasteiger partial charge < -0.3 is 14.6 Å². The van der Waals surface area contributed by atoms with Crippen molar-refractivity contribution >= 4 is 19.0 Å². The molecule has 1 aliphatic rings. The van der Waals surface area contributed by atoms with Crippen molar-refractivity contribution in [3.8, 4) is 0 Å². The second-order valence-corrected chi connectivity index (χ2v) is 5.71. The van der Waals surface area contributed by atoms with Crippen molar-refractivity contribution in [1.82, 2.24) is 4.98 Å². The Morgan fingerprint density at radius 2 is 1.84 bits per heavy atom. The van der Waals surface area contributed by atoms with Crippen LogP contribution in [-0.2, 0) is 9.31 Å². The van der Waals surface area contributed by atoms with Crippen LogP contribution in [0, 0.1) is 0 Å². The lowest BCUT2D eigenvalue weighted by Gasteiger charge is -2.32. The third kappa shape index (κ3) is 2.99. The molecule has 0 radical (unpaired) electrons. The zero-order chi connectivity index (χ0) is 14.1. The first-order valence-corrected chi connectivity index (χ1v) is 6.52. The van der Waals surface area contributed by atoms with E-state index in [-0.39, 0.29) is 18.3 Å². The number of nitrogens with one attached hydrogen (secondary N) is 1. The molecule has 1 aromatic heterocycles. The number of hydrogen-bond donors (Lipinski definition) is 1. The van der Waals surface area contributed by atoms with Crippen molar-refractivity contribution in [2.24, 2.45) is 0 Å². The average molecular weight is 260 g/mol. The molecule has 1 aromatic rings. The molecule has 2 rings (SSSR count). The predicted octanol–water partition coefficient (Wildman–Crippen LogP) is 2.77. The van der Waals surface area contributed by atoms with Gasteiger partial charge in [0.15, 0.2) is 0 Å². The van der Waals surface area contributed by atoms with Crippen LogP contribution in [0.15, 0.2) is 24.3 Å². The second kappa shape index (κ2) is 4.98. The Hall–Kier alpha value is -1.33. The van der Waals surface area contributed by atoms with Crippen LogP contribution in [0.5, 0.6) is 0 Å². The Morgan fingerprint density at radius 3 is 2.42 bits per heavy atom. The van der Waals surface area contributed by atoms with Crippen molar-refractivity contribution < 1.29 is 9.31 Å². The quantitative estimate of drug-likeness (QED) is 0.848. The van der Waals surface area contributed by atoms with Crippen molar-refractivity contribution in [2.45, 2.75) is 38.9 Å². The fourth-order valence-corrected chi connectivity index (χ4v) is 1.84. The first kappa shape index (κ1) is 14.1. The van der Waals surface area contributed by atoms with Gasteiger partial charge in [0.05, 0.1) is 11.2 Å². The lowest BCUT2D eigenvalue weighted by Crippen LogP contribution is -2.41. The molecule has 1 fully saturated rings. The summed E-state index contributed by atoms with van der Waals surface area (Å²) >= 11 is 0. The van der Waals surface area contributed by atoms with Gasteiger partial charge in [-0.25, -0.2) is 4.98 Å². The summed E-state index contributed by atoms with van der Waals surface area (Å²) in [7, 11) is 1.54. The fraction of sp³-hybridized carbons (Fsp3) is 0.500. The molecule has 2 heterocycles. The molecule has 0 amide bonds. The number of hydrogen-bond acceptors (Lipinski definition) is 4. The molecule has 5 heteroatoms. The van der Waals surface area contributed by atoms with Crippen LogP contribution >= 0.6 is 0 Å². The van der Waals surface area contributed by atoms with E-state index in [4.69, 9.17) is 9.31 Å². The predicted molar refractivity (Wildman–Crippen MR) is 78.9 cm³/mol. The van der Waals surface area contributed by atoms with E-state index in [9.17, 15) is 0 Å². The molecule has 0 spiro atoms. The smallest absolute Gasteiger partial charge is 0.400 e. The summed E-state index contributed by atoms with van der Waals surface area (Å²) in [6.45, 7) is 8.19. The lowest BCUT2D eigenvalue weighted by atomic mass is 9.89. The Kier molecular flexibility index (Phi) is 3.70. The van der Waals surface area contributed by atoms with Crippen LogP contribution in [-0.4, -0.2) is 30.4 Å². The van der Waals surface area contributed by atoms with Gasteiger partial charge in [-0.05, 0) is 45.4 Å². The molecule has 1 saturated heterocycles. The Bertz CT molecular complexity index is 470. The normalized spacial score (nSPS) is 21.0. The second-order valence-electron chi connectivity index (χ2n) is 5.71. The van der Waals surface area contributed by atoms with E-state index in [1.54, 1.807) is 6.20 Å². The van der Waals surface area contributed by atoms with E-state index in [2.05, 4.69) is 10.3 Å². The number of aromatic nitrogens is 1. The number of anilines is 1. The summed E-state index contributed by atoms with van der Waals surface area (Å²) in [5, 5.41) is 3.01. The number of pyridine rings is 1. The van der Waals surface area contributed by atoms with E-state index >= 15 is 0 Å². The van der Waals surface area contributed by atoms with Crippen LogP contribution in [0.25, 0.3) is 6.08 Å². The lowest BCUT2D eigenvalue weighted by molar-refractivity contribution is 0.00578. The van der Waals surface area contributed by atoms with Crippen molar-refractivity contribution in [3.63, 3.8) is 0 Å². The summed E-state index contributed by atoms with van der Waals surface area (Å²) in [6, 6.07) is 3.92. The fourth-order valence-electron chi connectivity index (χ4n) is 1.84. The Balaban J connectivity index is 2.08. The topological polar surface area (TPSA) is 43.4 Å². The van der Waals surface area contributed by atoms with Crippen molar-refractivity contribution in [1.29, 1.82) is 0 Å². The molecular formula is C14H21BN2O2. The highest BCUT2D eigenvalue weighted by Gasteiger charge is 2.49. The summed E-state index contributed by atoms with van der Waals surface area (Å²) in [5.41, 5.74) is 0.473. The summed E-state index contributed by atoms with van der Waals surface area (Å²) in [5.74, 6) is 2.78. The highest BCUT2D eigenvalue weighted by atomic mass is 16.7. The monoisotopic (exact) mass is 260 g/mol. The molecule has 0 atom stereocenters. The van der Waals surface area contributed by atoms with Crippen LogP contribution in [0.3, 0.4) is 0 Å². The van der Waals surface area contributed by atoms with Gasteiger partial charge in [0.2, 0.25) is 0 Å². The minimum absolute atomic E-state index is 0.295. The van der Waals surface area contributed by atoms with Crippen LogP contribution in [0.4, 0.5) is 5.82 Å². The van der Waals surface area contributed by atoms with Gasteiger partial charge in [-0.15, -0.1) is 0 Å². The van der Waals surface area contributed by atoms with E-state index in [0.29, 0.717) is 0 Å². The largest absolute Gasteiger partial charge is 0.487 e. The van der Waals surface area contributed by atoms with Gasteiger partial charge in [-0.3, -0.25) is 0 Å². The third-order valence-electron chi connectivity index (χ3n) is 3.76. The minimum Gasteiger partial charge on any atom is -0.400 e. The first-order valence-electron chi connectivity index (χ1n) is 6.52. The van der Waals surface area contributed by atoms with Gasteiger partial charge in [-0.2, -0.15) is 0 Å². The molecule has 0 saturated carbocycles. The maximum atomic E-state index is 5.90. The molecule has 0 aromatic carbocycles. The van der Waals surface area contributed by atoms with Crippen LogP contribution in [0.2, 0.25) is 0 Å². The van der Waals surface area contributed by atoms with E-state index in [1.807, 2.05) is 58.9 Å². The zero-order valence-electron chi connectivity index (χ0n) is 12.2. The Labute approximate surface area is 115 Å². The highest BCUT2D eigenvalue weighted by Crippen LogP contribution is 2.37. The molecule has 4 nitrogen and oxygen atoms in total. The Morgan fingerprint density at radius 1 is 1.21 bits per heavy atom. The standard InChI is InChI=1S/C14H21BN2O2/c1-13(2)14(3,4)19-15(18-13)8-6-11-7-9-17-12(10-11)16-5/h6-10H,1-5H3,(H,16,17)/b8-6+. The van der Waals surface area contributed by atoms with E-state index in [1.165, 1.54) is 0 Å². The molecule has 0 aliphatic carbocycles. The van der Waals surface area contributed by atoms with Crippen molar-refractivity contribution in [3.05, 3.63) is 29.9 Å². The molecule has 19 heavy (non-hydrogen) atoms. The first-order chi connectivity index (χ1) is 8.84. The van der Waals surface area contributed by atoms with E-state index < -0.39 is 0 Å². The molecule has 0 bridgehead atoms. The number of rotatable bonds is 3. The molecule has 102 valence electrons. The van der Waals surface area contributed by atoms with Gasteiger partial charge in [0.1, 0.15) is 5.82 Å². The zero-order valence-corrected chi connectivity index (χ0v) is 12.2. The summed E-state index contributed by atoms with van der Waals surface area (Å²) in [6.07, 6.45) is 3.76. The minimum atomic E-state index is -0.309. The van der Waals surface area contributed by atoms with Crippen LogP contribution in [0.1, 0.15) is 33.3 Å². The third-order valence-corrected chi connectivity index (χ3v) is 3.76. The summed E-state index contributed by atoms with van der Waals surface area (Å²) < 4.78 is 11.8. The summed E-state index contributed by atoms with van der Waals surface area (Å²) in [4.78, 5) is 4.18. The molecule has 1 aliphatic heterocycles. The van der Waals surface area contributed by atoms with Gasteiger partial charge >= 0.3 is 7.12 Å². The SMILES string of the molecule is CNc1cc(/C=C/B2OC(C)(C)C(C)(C)O2)ccn1. The average Bonchev–Trinajstić information content (AvgIpc) is 2.56. The number of nitrogens with zero attached hydrogens (tertiary/aromatic N) is 1. The molecule has 1 N–H and O–H groups in total. The highest BCUT2D eigenvalue weighted by molar-refractivity contribution is 6.52. The van der Waals surface area contributed by atoms with Crippen LogP contribution < -0.4 is 5.32 Å². The molecule has 0 unspecified atom stereocenters. The maximum absolute atomic E-state index is 5.90. The van der Waals surface area contributed by atoms with E-state index in [0.717, 1.165) is 11.4 Å². The maximum Gasteiger partial charge on any atom is 0.487 e.